The average molecular weight is 394 g/mol. The molecular formula is C22H19FN2O4. The quantitative estimate of drug-likeness (QED) is 0.513. The van der Waals surface area contributed by atoms with Crippen molar-refractivity contribution in [3.8, 4) is 5.69 Å². The summed E-state index contributed by atoms with van der Waals surface area (Å²) in [6.07, 6.45) is 0.535. The number of nitrogens with two attached hydrogens (primary N) is 1. The van der Waals surface area contributed by atoms with Gasteiger partial charge in [0.2, 0.25) is 0 Å². The Morgan fingerprint density at radius 2 is 1.66 bits per heavy atom. The molecule has 2 aromatic carbocycles. The van der Waals surface area contributed by atoms with Crippen LogP contribution < -0.4 is 11.3 Å². The summed E-state index contributed by atoms with van der Waals surface area (Å²) in [7, 11) is 0. The molecule has 2 N–H and O–H groups in total. The third kappa shape index (κ3) is 4.57. The minimum atomic E-state index is -0.451. The molecule has 0 bridgehead atoms. The third-order valence-electron chi connectivity index (χ3n) is 4.37. The van der Waals surface area contributed by atoms with E-state index in [0.717, 1.165) is 5.56 Å². The fourth-order valence-electron chi connectivity index (χ4n) is 2.89. The van der Waals surface area contributed by atoms with Gasteiger partial charge >= 0.3 is 5.97 Å². The lowest BCUT2D eigenvalue weighted by molar-refractivity contribution is -0.140. The molecule has 29 heavy (non-hydrogen) atoms. The highest BCUT2D eigenvalue weighted by atomic mass is 19.1. The van der Waals surface area contributed by atoms with Crippen LogP contribution in [0.1, 0.15) is 28.4 Å². The minimum absolute atomic E-state index is 0.000474. The Morgan fingerprint density at radius 3 is 2.28 bits per heavy atom. The largest absolute Gasteiger partial charge is 0.466 e. The van der Waals surface area contributed by atoms with Gasteiger partial charge in [0.05, 0.1) is 17.9 Å². The molecule has 0 saturated heterocycles. The number of esters is 1. The smallest absolute Gasteiger partial charge is 0.302 e. The van der Waals surface area contributed by atoms with Crippen LogP contribution in [0.25, 0.3) is 5.69 Å². The number of carbonyl (C=O) groups excluding carboxylic acids is 2. The second-order valence-corrected chi connectivity index (χ2v) is 6.40. The molecule has 0 saturated carbocycles. The highest BCUT2D eigenvalue weighted by Crippen LogP contribution is 2.19. The minimum Gasteiger partial charge on any atom is -0.466 e. The number of hydrogen-bond donors (Lipinski definition) is 1. The van der Waals surface area contributed by atoms with E-state index in [1.807, 2.05) is 0 Å². The van der Waals surface area contributed by atoms with Crippen LogP contribution in [-0.2, 0) is 16.0 Å². The highest BCUT2D eigenvalue weighted by Gasteiger charge is 2.17. The zero-order valence-electron chi connectivity index (χ0n) is 15.7. The van der Waals surface area contributed by atoms with E-state index < -0.39 is 11.6 Å². The Hall–Kier alpha value is -3.74. The molecule has 0 amide bonds. The summed E-state index contributed by atoms with van der Waals surface area (Å²) in [6.45, 7) is 1.61. The Balaban J connectivity index is 1.91. The van der Waals surface area contributed by atoms with E-state index in [0.29, 0.717) is 12.1 Å². The predicted molar refractivity (Wildman–Crippen MR) is 107 cm³/mol. The fourth-order valence-corrected chi connectivity index (χ4v) is 2.89. The van der Waals surface area contributed by atoms with Crippen LogP contribution in [0.3, 0.4) is 0 Å². The van der Waals surface area contributed by atoms with E-state index in [-0.39, 0.29) is 35.1 Å². The van der Waals surface area contributed by atoms with Crippen LogP contribution in [-0.4, -0.2) is 22.9 Å². The van der Waals surface area contributed by atoms with Crippen molar-refractivity contribution < 1.29 is 18.7 Å². The highest BCUT2D eigenvalue weighted by molar-refractivity contribution is 6.11. The monoisotopic (exact) mass is 394 g/mol. The molecule has 3 rings (SSSR count). The van der Waals surface area contributed by atoms with Crippen LogP contribution in [0.15, 0.2) is 65.5 Å². The van der Waals surface area contributed by atoms with Gasteiger partial charge in [0.1, 0.15) is 11.6 Å². The molecule has 0 aliphatic rings. The van der Waals surface area contributed by atoms with Gasteiger partial charge in [0, 0.05) is 25.0 Å². The van der Waals surface area contributed by atoms with Crippen LogP contribution >= 0.6 is 0 Å². The molecule has 148 valence electrons. The van der Waals surface area contributed by atoms with Crippen molar-refractivity contribution in [3.05, 3.63) is 93.5 Å². The lowest BCUT2D eigenvalue weighted by Crippen LogP contribution is -2.23. The van der Waals surface area contributed by atoms with Gasteiger partial charge in [-0.3, -0.25) is 19.0 Å². The van der Waals surface area contributed by atoms with Crippen LogP contribution in [0, 0.1) is 5.82 Å². The number of pyridine rings is 1. The van der Waals surface area contributed by atoms with Crippen molar-refractivity contribution in [2.75, 3.05) is 12.3 Å². The van der Waals surface area contributed by atoms with Crippen LogP contribution in [0.2, 0.25) is 0 Å². The first kappa shape index (κ1) is 20.0. The van der Waals surface area contributed by atoms with Gasteiger partial charge in [0.15, 0.2) is 5.78 Å². The molecule has 1 heterocycles. The molecule has 3 aromatic rings. The maximum absolute atomic E-state index is 13.1. The summed E-state index contributed by atoms with van der Waals surface area (Å²) in [4.78, 5) is 36.0. The van der Waals surface area contributed by atoms with Crippen LogP contribution in [0.5, 0.6) is 0 Å². The van der Waals surface area contributed by atoms with Crippen molar-refractivity contribution in [2.24, 2.45) is 0 Å². The number of rotatable bonds is 6. The number of aromatic nitrogens is 1. The van der Waals surface area contributed by atoms with Gasteiger partial charge in [-0.15, -0.1) is 0 Å². The standard InChI is InChI=1S/C22H19FN2O4/c1-14(26)29-13-12-15-2-8-18(9-3-15)25-20(27)11-10-19(22(25)24)21(28)16-4-6-17(23)7-5-16/h2-11H,12-13,24H2,1H3. The molecule has 7 heteroatoms. The van der Waals surface area contributed by atoms with Crippen molar-refractivity contribution in [3.63, 3.8) is 0 Å². The molecule has 6 nitrogen and oxygen atoms in total. The number of nitrogens with zero attached hydrogens (tertiary/aromatic N) is 1. The summed E-state index contributed by atoms with van der Waals surface area (Å²) in [6, 6.07) is 14.7. The Morgan fingerprint density at radius 1 is 1.00 bits per heavy atom. The lowest BCUT2D eigenvalue weighted by atomic mass is 10.0. The zero-order chi connectivity index (χ0) is 21.0. The van der Waals surface area contributed by atoms with E-state index >= 15 is 0 Å². The first-order chi connectivity index (χ1) is 13.9. The average Bonchev–Trinajstić information content (AvgIpc) is 2.69. The van der Waals surface area contributed by atoms with Gasteiger partial charge in [-0.1, -0.05) is 12.1 Å². The van der Waals surface area contributed by atoms with E-state index in [2.05, 4.69) is 0 Å². The second-order valence-electron chi connectivity index (χ2n) is 6.40. The van der Waals surface area contributed by atoms with Gasteiger partial charge in [-0.25, -0.2) is 4.39 Å². The second kappa shape index (κ2) is 8.52. The molecule has 0 atom stereocenters. The van der Waals surface area contributed by atoms with Gasteiger partial charge in [-0.2, -0.15) is 0 Å². The SMILES string of the molecule is CC(=O)OCCc1ccc(-n2c(N)c(C(=O)c3ccc(F)cc3)ccc2=O)cc1. The predicted octanol–water partition coefficient (Wildman–Crippen LogP) is 2.90. The molecular weight excluding hydrogens is 375 g/mol. The summed E-state index contributed by atoms with van der Waals surface area (Å²) in [5, 5.41) is 0. The molecule has 1 aromatic heterocycles. The maximum Gasteiger partial charge on any atom is 0.302 e. The number of ether oxygens (including phenoxy) is 1. The number of anilines is 1. The van der Waals surface area contributed by atoms with Crippen molar-refractivity contribution in [1.29, 1.82) is 0 Å². The Bertz CT molecular complexity index is 1100. The summed E-state index contributed by atoms with van der Waals surface area (Å²) < 4.78 is 19.3. The molecule has 0 radical (unpaired) electrons. The molecule has 0 unspecified atom stereocenters. The van der Waals surface area contributed by atoms with E-state index in [9.17, 15) is 18.8 Å². The Kier molecular flexibility index (Phi) is 5.87. The fraction of sp³-hybridized carbons (Fsp3) is 0.136. The molecule has 0 aliphatic heterocycles. The third-order valence-corrected chi connectivity index (χ3v) is 4.37. The van der Waals surface area contributed by atoms with Crippen LogP contribution in [0.4, 0.5) is 10.2 Å². The van der Waals surface area contributed by atoms with Crippen molar-refractivity contribution in [1.82, 2.24) is 4.57 Å². The Labute approximate surface area is 166 Å². The number of carbonyl (C=O) groups is 2. The molecule has 0 spiro atoms. The van der Waals surface area contributed by atoms with Crippen molar-refractivity contribution in [2.45, 2.75) is 13.3 Å². The van der Waals surface area contributed by atoms with Gasteiger partial charge in [0.25, 0.3) is 5.56 Å². The molecule has 0 aliphatic carbocycles. The molecule has 0 fully saturated rings. The van der Waals surface area contributed by atoms with E-state index in [1.54, 1.807) is 24.3 Å². The zero-order valence-corrected chi connectivity index (χ0v) is 15.7. The van der Waals surface area contributed by atoms with E-state index in [4.69, 9.17) is 10.5 Å². The number of nitrogen functional groups attached to an aromatic ring is 1. The summed E-state index contributed by atoms with van der Waals surface area (Å²) in [5.41, 5.74) is 7.59. The van der Waals surface area contributed by atoms with Gasteiger partial charge in [-0.05, 0) is 48.0 Å². The summed E-state index contributed by atoms with van der Waals surface area (Å²) in [5.74, 6) is -1.20. The van der Waals surface area contributed by atoms with Crippen molar-refractivity contribution >= 4 is 17.6 Å². The topological polar surface area (TPSA) is 91.4 Å². The number of hydrogen-bond acceptors (Lipinski definition) is 5. The number of halogens is 1. The normalized spacial score (nSPS) is 10.6. The maximum atomic E-state index is 13.1. The number of ketones is 1. The number of benzene rings is 2. The van der Waals surface area contributed by atoms with E-state index in [1.165, 1.54) is 47.9 Å². The van der Waals surface area contributed by atoms with Gasteiger partial charge < -0.3 is 10.5 Å². The first-order valence-corrected chi connectivity index (χ1v) is 8.91. The first-order valence-electron chi connectivity index (χ1n) is 8.91. The summed E-state index contributed by atoms with van der Waals surface area (Å²) >= 11 is 0. The lowest BCUT2D eigenvalue weighted by Gasteiger charge is -2.13.